The lowest BCUT2D eigenvalue weighted by Crippen LogP contribution is -2.35. The van der Waals surface area contributed by atoms with Gasteiger partial charge in [-0.15, -0.1) is 0 Å². The first-order valence-corrected chi connectivity index (χ1v) is 7.53. The van der Waals surface area contributed by atoms with E-state index in [2.05, 4.69) is 38.1 Å². The zero-order valence-electron chi connectivity index (χ0n) is 11.9. The van der Waals surface area contributed by atoms with E-state index in [9.17, 15) is 0 Å². The number of hydrogen-bond donors (Lipinski definition) is 1. The van der Waals surface area contributed by atoms with Crippen LogP contribution >= 0.6 is 0 Å². The Morgan fingerprint density at radius 2 is 2.00 bits per heavy atom. The first-order chi connectivity index (χ1) is 8.70. The quantitative estimate of drug-likeness (QED) is 0.835. The highest BCUT2D eigenvalue weighted by atomic mass is 14.7. The minimum Gasteiger partial charge on any atom is -0.327 e. The monoisotopic (exact) mass is 245 g/mol. The molecule has 1 aromatic rings. The Hall–Kier alpha value is -0.820. The van der Waals surface area contributed by atoms with Gasteiger partial charge in [-0.3, -0.25) is 0 Å². The van der Waals surface area contributed by atoms with Crippen LogP contribution in [0.25, 0.3) is 0 Å². The third-order valence-electron chi connectivity index (χ3n) is 4.45. The molecule has 0 aliphatic heterocycles. The lowest BCUT2D eigenvalue weighted by Gasteiger charge is -2.30. The van der Waals surface area contributed by atoms with Crippen molar-refractivity contribution in [2.75, 3.05) is 0 Å². The Morgan fingerprint density at radius 3 is 2.72 bits per heavy atom. The summed E-state index contributed by atoms with van der Waals surface area (Å²) in [6.07, 6.45) is 7.48. The average Bonchev–Trinajstić information content (AvgIpc) is 2.38. The minimum absolute atomic E-state index is 0.389. The molecule has 2 N–H and O–H groups in total. The molecule has 0 saturated carbocycles. The zero-order chi connectivity index (χ0) is 13.0. The van der Waals surface area contributed by atoms with Gasteiger partial charge >= 0.3 is 0 Å². The topological polar surface area (TPSA) is 26.0 Å². The second-order valence-corrected chi connectivity index (χ2v) is 6.06. The summed E-state index contributed by atoms with van der Waals surface area (Å²) in [5.74, 6) is 1.47. The molecule has 0 saturated heterocycles. The summed E-state index contributed by atoms with van der Waals surface area (Å²) < 4.78 is 0. The molecular formula is C17H27N. The van der Waals surface area contributed by atoms with Gasteiger partial charge in [0.2, 0.25) is 0 Å². The van der Waals surface area contributed by atoms with Gasteiger partial charge in [0.05, 0.1) is 0 Å². The van der Waals surface area contributed by atoms with Gasteiger partial charge in [0, 0.05) is 6.04 Å². The molecule has 18 heavy (non-hydrogen) atoms. The number of benzene rings is 1. The van der Waals surface area contributed by atoms with E-state index in [0.717, 1.165) is 5.92 Å². The van der Waals surface area contributed by atoms with E-state index in [1.165, 1.54) is 44.1 Å². The summed E-state index contributed by atoms with van der Waals surface area (Å²) in [5, 5.41) is 0. The van der Waals surface area contributed by atoms with Crippen molar-refractivity contribution < 1.29 is 0 Å². The molecule has 0 heterocycles. The summed E-state index contributed by atoms with van der Waals surface area (Å²) in [6, 6.07) is 9.26. The number of aryl methyl sites for hydroxylation is 1. The maximum absolute atomic E-state index is 6.44. The lowest BCUT2D eigenvalue weighted by atomic mass is 9.78. The fourth-order valence-corrected chi connectivity index (χ4v) is 3.36. The van der Waals surface area contributed by atoms with Crippen LogP contribution in [0.1, 0.15) is 50.7 Å². The van der Waals surface area contributed by atoms with Crippen LogP contribution in [0, 0.1) is 11.8 Å². The Labute approximate surface area is 112 Å². The summed E-state index contributed by atoms with van der Waals surface area (Å²) in [7, 11) is 0. The highest BCUT2D eigenvalue weighted by Crippen LogP contribution is 2.29. The van der Waals surface area contributed by atoms with E-state index in [1.807, 2.05) is 0 Å². The van der Waals surface area contributed by atoms with Crippen molar-refractivity contribution in [3.05, 3.63) is 35.4 Å². The minimum atomic E-state index is 0.389. The molecule has 2 rings (SSSR count). The van der Waals surface area contributed by atoms with E-state index < -0.39 is 0 Å². The van der Waals surface area contributed by atoms with E-state index in [0.29, 0.717) is 12.0 Å². The maximum Gasteiger partial charge on any atom is 0.00729 e. The second-order valence-electron chi connectivity index (χ2n) is 6.06. The van der Waals surface area contributed by atoms with Crippen molar-refractivity contribution in [3.63, 3.8) is 0 Å². The molecule has 3 unspecified atom stereocenters. The molecule has 0 spiro atoms. The van der Waals surface area contributed by atoms with Gasteiger partial charge in [-0.1, -0.05) is 51.0 Å². The normalized spacial score (nSPS) is 22.3. The molecule has 1 heteroatoms. The molecule has 3 atom stereocenters. The third kappa shape index (κ3) is 3.35. The van der Waals surface area contributed by atoms with Gasteiger partial charge in [0.1, 0.15) is 0 Å². The maximum atomic E-state index is 6.44. The Bertz CT molecular complexity index is 372. The van der Waals surface area contributed by atoms with Gasteiger partial charge < -0.3 is 5.73 Å². The molecule has 0 fully saturated rings. The molecule has 0 radical (unpaired) electrons. The summed E-state index contributed by atoms with van der Waals surface area (Å²) in [5.41, 5.74) is 9.52. The lowest BCUT2D eigenvalue weighted by molar-refractivity contribution is 0.314. The fourth-order valence-electron chi connectivity index (χ4n) is 3.36. The van der Waals surface area contributed by atoms with Crippen molar-refractivity contribution in [1.82, 2.24) is 0 Å². The molecule has 1 aromatic carbocycles. The van der Waals surface area contributed by atoms with Crippen LogP contribution in [0.15, 0.2) is 24.3 Å². The molecule has 1 aliphatic rings. The molecule has 0 bridgehead atoms. The van der Waals surface area contributed by atoms with Crippen LogP contribution in [-0.4, -0.2) is 6.04 Å². The van der Waals surface area contributed by atoms with Crippen LogP contribution < -0.4 is 5.73 Å². The van der Waals surface area contributed by atoms with Crippen molar-refractivity contribution in [2.24, 2.45) is 17.6 Å². The largest absolute Gasteiger partial charge is 0.327 e. The van der Waals surface area contributed by atoms with Gasteiger partial charge in [0.25, 0.3) is 0 Å². The highest BCUT2D eigenvalue weighted by molar-refractivity contribution is 5.29. The van der Waals surface area contributed by atoms with Gasteiger partial charge in [-0.05, 0) is 48.6 Å². The van der Waals surface area contributed by atoms with Gasteiger partial charge in [-0.25, -0.2) is 0 Å². The van der Waals surface area contributed by atoms with Crippen molar-refractivity contribution >= 4 is 0 Å². The van der Waals surface area contributed by atoms with Crippen molar-refractivity contribution in [1.29, 1.82) is 0 Å². The fraction of sp³-hybridized carbons (Fsp3) is 0.647. The Kier molecular flexibility index (Phi) is 4.82. The molecule has 0 aromatic heterocycles. The number of hydrogen-bond acceptors (Lipinski definition) is 1. The average molecular weight is 245 g/mol. The standard InChI is InChI=1S/C17H27N/c1-3-6-13(2)11-17(18)16-10-9-14-7-4-5-8-15(14)12-16/h4-5,7-8,13,16-17H,3,6,9-12,18H2,1-2H3. The van der Waals surface area contributed by atoms with Crippen LogP contribution in [0.4, 0.5) is 0 Å². The van der Waals surface area contributed by atoms with Crippen LogP contribution in [-0.2, 0) is 12.8 Å². The van der Waals surface area contributed by atoms with E-state index in [1.54, 1.807) is 5.56 Å². The number of rotatable bonds is 5. The van der Waals surface area contributed by atoms with E-state index in [4.69, 9.17) is 5.73 Å². The molecule has 0 amide bonds. The predicted octanol–water partition coefficient (Wildman–Crippen LogP) is 3.95. The molecular weight excluding hydrogens is 218 g/mol. The zero-order valence-corrected chi connectivity index (χ0v) is 11.9. The Balaban J connectivity index is 1.92. The molecule has 1 nitrogen and oxygen atoms in total. The summed E-state index contributed by atoms with van der Waals surface area (Å²) in [6.45, 7) is 4.61. The van der Waals surface area contributed by atoms with Crippen molar-refractivity contribution in [2.45, 2.75) is 58.4 Å². The number of fused-ring (bicyclic) bond motifs is 1. The van der Waals surface area contributed by atoms with Gasteiger partial charge in [-0.2, -0.15) is 0 Å². The summed E-state index contributed by atoms with van der Waals surface area (Å²) in [4.78, 5) is 0. The smallest absolute Gasteiger partial charge is 0.00729 e. The SMILES string of the molecule is CCCC(C)CC(N)C1CCc2ccccc2C1. The van der Waals surface area contributed by atoms with Crippen molar-refractivity contribution in [3.8, 4) is 0 Å². The third-order valence-corrected chi connectivity index (χ3v) is 4.45. The van der Waals surface area contributed by atoms with Crippen LogP contribution in [0.3, 0.4) is 0 Å². The highest BCUT2D eigenvalue weighted by Gasteiger charge is 2.24. The first kappa shape index (κ1) is 13.6. The first-order valence-electron chi connectivity index (χ1n) is 7.53. The predicted molar refractivity (Wildman–Crippen MR) is 78.6 cm³/mol. The number of nitrogens with two attached hydrogens (primary N) is 1. The molecule has 1 aliphatic carbocycles. The molecule has 100 valence electrons. The van der Waals surface area contributed by atoms with Crippen LogP contribution in [0.5, 0.6) is 0 Å². The van der Waals surface area contributed by atoms with Gasteiger partial charge in [0.15, 0.2) is 0 Å². The van der Waals surface area contributed by atoms with E-state index in [-0.39, 0.29) is 0 Å². The second kappa shape index (κ2) is 6.38. The van der Waals surface area contributed by atoms with Crippen LogP contribution in [0.2, 0.25) is 0 Å². The van der Waals surface area contributed by atoms with E-state index >= 15 is 0 Å². The summed E-state index contributed by atoms with van der Waals surface area (Å²) >= 11 is 0. The Morgan fingerprint density at radius 1 is 1.28 bits per heavy atom.